The quantitative estimate of drug-likeness (QED) is 0.676. The molecule has 1 aromatic rings. The highest BCUT2D eigenvalue weighted by Crippen LogP contribution is 2.23. The molecule has 0 fully saturated rings. The van der Waals surface area contributed by atoms with Gasteiger partial charge in [0.25, 0.3) is 0 Å². The summed E-state index contributed by atoms with van der Waals surface area (Å²) < 4.78 is 29.7. The van der Waals surface area contributed by atoms with E-state index in [2.05, 4.69) is 4.18 Å². The number of carboxylic acid groups (broad SMARTS) is 1. The molecule has 9 heteroatoms. The van der Waals surface area contributed by atoms with Crippen LogP contribution in [0.25, 0.3) is 0 Å². The first-order valence-electron chi connectivity index (χ1n) is 3.79. The van der Waals surface area contributed by atoms with Crippen LogP contribution in [0.2, 0.25) is 0 Å². The number of aryl methyl sites for hydroxylation is 1. The summed E-state index contributed by atoms with van der Waals surface area (Å²) >= 11 is 1.16. The van der Waals surface area contributed by atoms with Crippen LogP contribution < -0.4 is 5.73 Å². The molecule has 0 aliphatic heterocycles. The van der Waals surface area contributed by atoms with Crippen molar-refractivity contribution < 1.29 is 27.1 Å². The molecule has 0 saturated heterocycles. The molecule has 7 nitrogen and oxygen atoms in total. The summed E-state index contributed by atoms with van der Waals surface area (Å²) in [6, 6.07) is 0. The standard InChI is InChI=1S/C6H7NO2S.CH4O4S/c1-3-2-10-5(4(3)7)6(8)9;1-5-6(2,3)4/h2H,7H2,1H3,(H,8,9);1H3,(H,2,3,4). The number of nitrogen functional groups attached to an aromatic ring is 1. The van der Waals surface area contributed by atoms with Gasteiger partial charge in [-0.05, 0) is 17.9 Å². The van der Waals surface area contributed by atoms with Crippen LogP contribution >= 0.6 is 11.3 Å². The Morgan fingerprint density at radius 1 is 1.56 bits per heavy atom. The van der Waals surface area contributed by atoms with Gasteiger partial charge in [0.2, 0.25) is 0 Å². The molecule has 1 rings (SSSR count). The van der Waals surface area contributed by atoms with Gasteiger partial charge in [0.05, 0.1) is 12.8 Å². The molecule has 0 atom stereocenters. The van der Waals surface area contributed by atoms with Gasteiger partial charge in [-0.3, -0.25) is 8.74 Å². The number of hydrogen-bond donors (Lipinski definition) is 3. The van der Waals surface area contributed by atoms with Crippen molar-refractivity contribution in [2.75, 3.05) is 12.8 Å². The Kier molecular flexibility index (Phi) is 5.38. The summed E-state index contributed by atoms with van der Waals surface area (Å²) in [7, 11) is -3.29. The Labute approximate surface area is 96.4 Å². The third kappa shape index (κ3) is 5.07. The highest BCUT2D eigenvalue weighted by atomic mass is 32.3. The highest BCUT2D eigenvalue weighted by Gasteiger charge is 2.10. The zero-order valence-corrected chi connectivity index (χ0v) is 10.1. The predicted octanol–water partition coefficient (Wildman–Crippen LogP) is 0.773. The smallest absolute Gasteiger partial charge is 0.397 e. The molecule has 0 radical (unpaired) electrons. The van der Waals surface area contributed by atoms with E-state index in [0.717, 1.165) is 24.0 Å². The van der Waals surface area contributed by atoms with Crippen LogP contribution in [0.1, 0.15) is 15.2 Å². The normalized spacial score (nSPS) is 10.4. The van der Waals surface area contributed by atoms with Gasteiger partial charge in [0.1, 0.15) is 4.88 Å². The van der Waals surface area contributed by atoms with Crippen LogP contribution in [0.4, 0.5) is 5.69 Å². The Hall–Kier alpha value is -1.16. The van der Waals surface area contributed by atoms with Gasteiger partial charge in [-0.1, -0.05) is 0 Å². The lowest BCUT2D eigenvalue weighted by molar-refractivity contribution is 0.0703. The second kappa shape index (κ2) is 5.80. The number of rotatable bonds is 2. The van der Waals surface area contributed by atoms with E-state index >= 15 is 0 Å². The molecule has 92 valence electrons. The van der Waals surface area contributed by atoms with Crippen LogP contribution in [0, 0.1) is 6.92 Å². The Bertz CT molecular complexity index is 463. The molecule has 0 aliphatic rings. The molecule has 0 unspecified atom stereocenters. The summed E-state index contributed by atoms with van der Waals surface area (Å²) in [4.78, 5) is 10.6. The zero-order chi connectivity index (χ0) is 12.9. The Morgan fingerprint density at radius 2 is 2.00 bits per heavy atom. The topological polar surface area (TPSA) is 127 Å². The summed E-state index contributed by atoms with van der Waals surface area (Å²) in [6.45, 7) is 1.79. The van der Waals surface area contributed by atoms with Gasteiger partial charge in [-0.2, -0.15) is 8.42 Å². The van der Waals surface area contributed by atoms with E-state index in [1.54, 1.807) is 12.3 Å². The van der Waals surface area contributed by atoms with Crippen molar-refractivity contribution in [1.82, 2.24) is 0 Å². The summed E-state index contributed by atoms with van der Waals surface area (Å²) in [5, 5.41) is 10.2. The van der Waals surface area contributed by atoms with Crippen molar-refractivity contribution in [3.63, 3.8) is 0 Å². The lowest BCUT2D eigenvalue weighted by Gasteiger charge is -1.90. The largest absolute Gasteiger partial charge is 0.477 e. The molecule has 16 heavy (non-hydrogen) atoms. The minimum atomic E-state index is -4.16. The van der Waals surface area contributed by atoms with E-state index in [1.165, 1.54) is 0 Å². The monoisotopic (exact) mass is 269 g/mol. The van der Waals surface area contributed by atoms with Gasteiger partial charge < -0.3 is 10.8 Å². The van der Waals surface area contributed by atoms with Crippen molar-refractivity contribution in [3.8, 4) is 0 Å². The summed E-state index contributed by atoms with van der Waals surface area (Å²) in [5.41, 5.74) is 6.66. The van der Waals surface area contributed by atoms with Crippen molar-refractivity contribution in [3.05, 3.63) is 15.8 Å². The fraction of sp³-hybridized carbons (Fsp3) is 0.286. The van der Waals surface area contributed by atoms with E-state index in [9.17, 15) is 13.2 Å². The first-order chi connectivity index (χ1) is 7.19. The van der Waals surface area contributed by atoms with E-state index in [0.29, 0.717) is 5.69 Å². The summed E-state index contributed by atoms with van der Waals surface area (Å²) in [6.07, 6.45) is 0. The van der Waals surface area contributed by atoms with E-state index in [-0.39, 0.29) is 4.88 Å². The van der Waals surface area contributed by atoms with Crippen LogP contribution in [0.3, 0.4) is 0 Å². The number of carbonyl (C=O) groups is 1. The summed E-state index contributed by atoms with van der Waals surface area (Å²) in [5.74, 6) is -0.949. The van der Waals surface area contributed by atoms with Crippen molar-refractivity contribution in [1.29, 1.82) is 0 Å². The Morgan fingerprint density at radius 3 is 2.12 bits per heavy atom. The minimum absolute atomic E-state index is 0.234. The molecule has 1 heterocycles. The fourth-order valence-corrected chi connectivity index (χ4v) is 1.43. The van der Waals surface area contributed by atoms with Gasteiger partial charge in [0.15, 0.2) is 0 Å². The van der Waals surface area contributed by atoms with Crippen LogP contribution in [-0.4, -0.2) is 31.2 Å². The van der Waals surface area contributed by atoms with Gasteiger partial charge in [0, 0.05) is 0 Å². The molecule has 0 spiro atoms. The van der Waals surface area contributed by atoms with E-state index in [4.69, 9.17) is 15.4 Å². The van der Waals surface area contributed by atoms with Crippen molar-refractivity contribution in [2.24, 2.45) is 0 Å². The first-order valence-corrected chi connectivity index (χ1v) is 6.03. The fourth-order valence-electron chi connectivity index (χ4n) is 0.619. The van der Waals surface area contributed by atoms with Gasteiger partial charge in [-0.15, -0.1) is 11.3 Å². The second-order valence-electron chi connectivity index (χ2n) is 2.56. The lowest BCUT2D eigenvalue weighted by Crippen LogP contribution is -1.97. The number of thiophene rings is 1. The molecule has 0 amide bonds. The molecule has 0 aromatic carbocycles. The molecule has 1 aromatic heterocycles. The van der Waals surface area contributed by atoms with Crippen LogP contribution in [0.15, 0.2) is 5.38 Å². The molecule has 0 bridgehead atoms. The van der Waals surface area contributed by atoms with Gasteiger partial charge in [-0.25, -0.2) is 4.79 Å². The number of aromatic carboxylic acids is 1. The zero-order valence-electron chi connectivity index (χ0n) is 8.50. The molecular weight excluding hydrogens is 258 g/mol. The second-order valence-corrected chi connectivity index (χ2v) is 4.63. The number of hydrogen-bond acceptors (Lipinski definition) is 6. The number of anilines is 1. The number of carboxylic acids is 1. The number of nitrogens with two attached hydrogens (primary N) is 1. The average molecular weight is 269 g/mol. The third-order valence-corrected chi connectivity index (χ3v) is 2.95. The highest BCUT2D eigenvalue weighted by molar-refractivity contribution is 7.80. The molecule has 4 N–H and O–H groups in total. The lowest BCUT2D eigenvalue weighted by atomic mass is 10.3. The first kappa shape index (κ1) is 14.8. The maximum Gasteiger partial charge on any atom is 0.397 e. The predicted molar refractivity (Wildman–Crippen MR) is 59.0 cm³/mol. The van der Waals surface area contributed by atoms with Crippen molar-refractivity contribution >= 4 is 33.4 Å². The Balaban J connectivity index is 0.000000325. The van der Waals surface area contributed by atoms with E-state index < -0.39 is 16.4 Å². The molecule has 0 aliphatic carbocycles. The maximum absolute atomic E-state index is 10.4. The van der Waals surface area contributed by atoms with Crippen LogP contribution in [-0.2, 0) is 14.6 Å². The third-order valence-electron chi connectivity index (χ3n) is 1.43. The average Bonchev–Trinajstić information content (AvgIpc) is 2.47. The maximum atomic E-state index is 10.4. The molecule has 0 saturated carbocycles. The van der Waals surface area contributed by atoms with Crippen LogP contribution in [0.5, 0.6) is 0 Å². The van der Waals surface area contributed by atoms with E-state index in [1.807, 2.05) is 0 Å². The molecular formula is C7H11NO6S2. The SMILES string of the molecule is COS(=O)(=O)O.Cc1csc(C(=O)O)c1N. The minimum Gasteiger partial charge on any atom is -0.477 e. The van der Waals surface area contributed by atoms with Crippen molar-refractivity contribution in [2.45, 2.75) is 6.92 Å². The van der Waals surface area contributed by atoms with Gasteiger partial charge >= 0.3 is 16.4 Å².